The van der Waals surface area contributed by atoms with Crippen molar-refractivity contribution in [1.82, 2.24) is 10.2 Å². The van der Waals surface area contributed by atoms with Crippen LogP contribution >= 0.6 is 0 Å². The molecule has 0 heterocycles. The van der Waals surface area contributed by atoms with Gasteiger partial charge in [0, 0.05) is 26.4 Å². The topological polar surface area (TPSA) is 58.6 Å². The summed E-state index contributed by atoms with van der Waals surface area (Å²) in [5, 5.41) is 2.75. The highest BCUT2D eigenvalue weighted by Crippen LogP contribution is 2.18. The van der Waals surface area contributed by atoms with Crippen molar-refractivity contribution >= 4 is 11.8 Å². The molecule has 0 aliphatic carbocycles. The zero-order valence-electron chi connectivity index (χ0n) is 19.4. The number of hydrogen-bond acceptors (Lipinski definition) is 3. The van der Waals surface area contributed by atoms with Crippen LogP contribution in [-0.4, -0.2) is 36.4 Å². The van der Waals surface area contributed by atoms with Crippen LogP contribution in [0.25, 0.3) is 0 Å². The Morgan fingerprint density at radius 3 is 2.21 bits per heavy atom. The maximum absolute atomic E-state index is 13.4. The SMILES string of the molecule is CNC(=O)[C@@H](Cc1ccccc1)N(Cc1ccccc1C)C(=O)CCCOc1ccccc1. The van der Waals surface area contributed by atoms with Gasteiger partial charge in [0.05, 0.1) is 6.61 Å². The van der Waals surface area contributed by atoms with E-state index >= 15 is 0 Å². The Labute approximate surface area is 196 Å². The third-order valence-electron chi connectivity index (χ3n) is 5.67. The molecule has 33 heavy (non-hydrogen) atoms. The van der Waals surface area contributed by atoms with Crippen LogP contribution in [0, 0.1) is 6.92 Å². The Bertz CT molecular complexity index is 1020. The second-order valence-corrected chi connectivity index (χ2v) is 8.03. The van der Waals surface area contributed by atoms with Gasteiger partial charge in [0.25, 0.3) is 0 Å². The first-order chi connectivity index (χ1) is 16.1. The molecule has 2 amide bonds. The molecule has 3 aromatic rings. The number of para-hydroxylation sites is 1. The maximum Gasteiger partial charge on any atom is 0.242 e. The van der Waals surface area contributed by atoms with Crippen LogP contribution in [-0.2, 0) is 22.6 Å². The van der Waals surface area contributed by atoms with Crippen molar-refractivity contribution in [3.63, 3.8) is 0 Å². The zero-order valence-corrected chi connectivity index (χ0v) is 19.4. The number of rotatable bonds is 11. The molecule has 1 atom stereocenters. The maximum atomic E-state index is 13.4. The third kappa shape index (κ3) is 7.21. The average molecular weight is 445 g/mol. The molecule has 172 valence electrons. The fourth-order valence-electron chi connectivity index (χ4n) is 3.77. The molecule has 3 aromatic carbocycles. The minimum absolute atomic E-state index is 0.0561. The van der Waals surface area contributed by atoms with Gasteiger partial charge in [-0.3, -0.25) is 9.59 Å². The predicted molar refractivity (Wildman–Crippen MR) is 131 cm³/mol. The number of benzene rings is 3. The molecule has 0 bridgehead atoms. The van der Waals surface area contributed by atoms with Gasteiger partial charge in [0.15, 0.2) is 0 Å². The van der Waals surface area contributed by atoms with Crippen LogP contribution in [0.2, 0.25) is 0 Å². The van der Waals surface area contributed by atoms with Crippen LogP contribution in [0.15, 0.2) is 84.9 Å². The smallest absolute Gasteiger partial charge is 0.242 e. The van der Waals surface area contributed by atoms with Gasteiger partial charge in [-0.25, -0.2) is 0 Å². The lowest BCUT2D eigenvalue weighted by Crippen LogP contribution is -2.49. The molecular formula is C28H32N2O3. The number of carbonyl (C=O) groups excluding carboxylic acids is 2. The average Bonchev–Trinajstić information content (AvgIpc) is 2.85. The van der Waals surface area contributed by atoms with Crippen LogP contribution in [0.5, 0.6) is 5.75 Å². The Morgan fingerprint density at radius 1 is 0.909 bits per heavy atom. The van der Waals surface area contributed by atoms with Crippen molar-refractivity contribution in [1.29, 1.82) is 0 Å². The molecule has 0 saturated heterocycles. The number of amides is 2. The molecule has 0 aliphatic heterocycles. The van der Waals surface area contributed by atoms with E-state index in [0.717, 1.165) is 22.4 Å². The molecule has 0 spiro atoms. The molecule has 5 nitrogen and oxygen atoms in total. The molecule has 0 saturated carbocycles. The predicted octanol–water partition coefficient (Wildman–Crippen LogP) is 4.54. The van der Waals surface area contributed by atoms with E-state index in [2.05, 4.69) is 5.32 Å². The lowest BCUT2D eigenvalue weighted by Gasteiger charge is -2.31. The van der Waals surface area contributed by atoms with Crippen molar-refractivity contribution in [2.24, 2.45) is 0 Å². The summed E-state index contributed by atoms with van der Waals surface area (Å²) < 4.78 is 5.75. The molecule has 1 N–H and O–H groups in total. The van der Waals surface area contributed by atoms with Gasteiger partial charge in [-0.05, 0) is 42.2 Å². The number of likely N-dealkylation sites (N-methyl/N-ethyl adjacent to an activating group) is 1. The highest BCUT2D eigenvalue weighted by atomic mass is 16.5. The molecule has 0 aliphatic rings. The minimum Gasteiger partial charge on any atom is -0.494 e. The Balaban J connectivity index is 1.76. The third-order valence-corrected chi connectivity index (χ3v) is 5.67. The summed E-state index contributed by atoms with van der Waals surface area (Å²) in [6.07, 6.45) is 1.34. The van der Waals surface area contributed by atoms with E-state index in [1.807, 2.05) is 91.9 Å². The van der Waals surface area contributed by atoms with Crippen LogP contribution in [0.3, 0.4) is 0 Å². The molecular weight excluding hydrogens is 412 g/mol. The van der Waals surface area contributed by atoms with E-state index in [0.29, 0.717) is 32.4 Å². The van der Waals surface area contributed by atoms with Crippen molar-refractivity contribution in [2.75, 3.05) is 13.7 Å². The molecule has 0 aromatic heterocycles. The van der Waals surface area contributed by atoms with Gasteiger partial charge >= 0.3 is 0 Å². The number of ether oxygens (including phenoxy) is 1. The first-order valence-electron chi connectivity index (χ1n) is 11.4. The van der Waals surface area contributed by atoms with E-state index in [-0.39, 0.29) is 11.8 Å². The standard InChI is InChI=1S/C28H32N2O3/c1-22-12-9-10-15-24(22)21-30(26(28(32)29-2)20-23-13-5-3-6-14-23)27(31)18-11-19-33-25-16-7-4-8-17-25/h3-10,12-17,26H,11,18-21H2,1-2H3,(H,29,32)/t26-/m1/s1. The van der Waals surface area contributed by atoms with Crippen molar-refractivity contribution in [3.05, 3.63) is 102 Å². The van der Waals surface area contributed by atoms with Crippen molar-refractivity contribution < 1.29 is 14.3 Å². The van der Waals surface area contributed by atoms with Crippen molar-refractivity contribution in [3.8, 4) is 5.75 Å². The van der Waals surface area contributed by atoms with Gasteiger partial charge < -0.3 is 15.0 Å². The fourth-order valence-corrected chi connectivity index (χ4v) is 3.77. The fraction of sp³-hybridized carbons (Fsp3) is 0.286. The van der Waals surface area contributed by atoms with Gasteiger partial charge in [-0.2, -0.15) is 0 Å². The van der Waals surface area contributed by atoms with E-state index in [4.69, 9.17) is 4.74 Å². The molecule has 3 rings (SSSR count). The van der Waals surface area contributed by atoms with E-state index in [1.165, 1.54) is 0 Å². The summed E-state index contributed by atoms with van der Waals surface area (Å²) in [6, 6.07) is 26.8. The summed E-state index contributed by atoms with van der Waals surface area (Å²) in [6.45, 7) is 2.85. The van der Waals surface area contributed by atoms with E-state index in [9.17, 15) is 9.59 Å². The second kappa shape index (κ2) is 12.4. The summed E-state index contributed by atoms with van der Waals surface area (Å²) in [5.41, 5.74) is 3.15. The van der Waals surface area contributed by atoms with E-state index in [1.54, 1.807) is 11.9 Å². The lowest BCUT2D eigenvalue weighted by atomic mass is 10.0. The molecule has 0 unspecified atom stereocenters. The molecule has 0 radical (unpaired) electrons. The number of nitrogens with one attached hydrogen (secondary N) is 1. The highest BCUT2D eigenvalue weighted by Gasteiger charge is 2.29. The Hall–Kier alpha value is -3.60. The van der Waals surface area contributed by atoms with Gasteiger partial charge in [0.2, 0.25) is 11.8 Å². The normalized spacial score (nSPS) is 11.5. The van der Waals surface area contributed by atoms with Crippen LogP contribution < -0.4 is 10.1 Å². The minimum atomic E-state index is -0.598. The summed E-state index contributed by atoms with van der Waals surface area (Å²) in [4.78, 5) is 28.1. The first kappa shape index (κ1) is 24.1. The zero-order chi connectivity index (χ0) is 23.5. The monoisotopic (exact) mass is 444 g/mol. The summed E-state index contributed by atoms with van der Waals surface area (Å²) >= 11 is 0. The van der Waals surface area contributed by atoms with Gasteiger partial charge in [-0.15, -0.1) is 0 Å². The Morgan fingerprint density at radius 2 is 1.55 bits per heavy atom. The summed E-state index contributed by atoms with van der Waals surface area (Å²) in [5.74, 6) is 0.565. The number of hydrogen-bond donors (Lipinski definition) is 1. The lowest BCUT2D eigenvalue weighted by molar-refractivity contribution is -0.141. The molecule has 5 heteroatoms. The first-order valence-corrected chi connectivity index (χ1v) is 11.4. The van der Waals surface area contributed by atoms with E-state index < -0.39 is 6.04 Å². The van der Waals surface area contributed by atoms with Crippen LogP contribution in [0.1, 0.15) is 29.5 Å². The second-order valence-electron chi connectivity index (χ2n) is 8.03. The van der Waals surface area contributed by atoms with Crippen LogP contribution in [0.4, 0.5) is 0 Å². The number of aryl methyl sites for hydroxylation is 1. The number of nitrogens with zero attached hydrogens (tertiary/aromatic N) is 1. The van der Waals surface area contributed by atoms with Gasteiger partial charge in [0.1, 0.15) is 11.8 Å². The highest BCUT2D eigenvalue weighted by molar-refractivity contribution is 5.87. The Kier molecular flexibility index (Phi) is 9.07. The summed E-state index contributed by atoms with van der Waals surface area (Å²) in [7, 11) is 1.62. The quantitative estimate of drug-likeness (QED) is 0.442. The largest absolute Gasteiger partial charge is 0.494 e. The number of carbonyl (C=O) groups is 2. The molecule has 0 fully saturated rings. The van der Waals surface area contributed by atoms with Crippen molar-refractivity contribution in [2.45, 2.75) is 38.8 Å². The van der Waals surface area contributed by atoms with Gasteiger partial charge in [-0.1, -0.05) is 72.8 Å².